The molecule has 10 nitrogen and oxygen atoms in total. The van der Waals surface area contributed by atoms with Gasteiger partial charge in [0.25, 0.3) is 0 Å². The highest BCUT2D eigenvalue weighted by molar-refractivity contribution is 5.59. The quantitative estimate of drug-likeness (QED) is 0.287. The van der Waals surface area contributed by atoms with Gasteiger partial charge in [-0.1, -0.05) is 18.2 Å². The monoisotopic (exact) mass is 580 g/mol. The molecule has 7 rings (SSSR count). The Balaban J connectivity index is 0.985. The zero-order valence-electron chi connectivity index (χ0n) is 24.3. The molecule has 0 bridgehead atoms. The summed E-state index contributed by atoms with van der Waals surface area (Å²) in [7, 11) is 1.58. The van der Waals surface area contributed by atoms with Gasteiger partial charge in [-0.15, -0.1) is 0 Å². The molecular formula is C33H36N6O4. The van der Waals surface area contributed by atoms with E-state index in [4.69, 9.17) is 14.2 Å². The average molecular weight is 581 g/mol. The summed E-state index contributed by atoms with van der Waals surface area (Å²) in [5.41, 5.74) is 6.44. The summed E-state index contributed by atoms with van der Waals surface area (Å²) in [6.45, 7) is 4.88. The molecule has 2 N–H and O–H groups in total. The number of piperidine rings is 1. The van der Waals surface area contributed by atoms with Gasteiger partial charge >= 0.3 is 6.01 Å². The number of hydrogen-bond donors (Lipinski definition) is 2. The van der Waals surface area contributed by atoms with E-state index in [2.05, 4.69) is 66.5 Å². The van der Waals surface area contributed by atoms with Crippen molar-refractivity contribution in [3.8, 4) is 17.5 Å². The fourth-order valence-electron chi connectivity index (χ4n) is 6.31. The summed E-state index contributed by atoms with van der Waals surface area (Å²) in [4.78, 5) is 27.7. The number of methoxy groups -OCH3 is 1. The van der Waals surface area contributed by atoms with Crippen LogP contribution in [0.3, 0.4) is 0 Å². The van der Waals surface area contributed by atoms with Crippen molar-refractivity contribution < 1.29 is 14.2 Å². The van der Waals surface area contributed by atoms with Crippen molar-refractivity contribution in [3.05, 3.63) is 99.7 Å². The molecule has 3 aliphatic heterocycles. The smallest absolute Gasteiger partial charge is 0.316 e. The number of fused-ring (bicyclic) bond motifs is 2. The van der Waals surface area contributed by atoms with Crippen LogP contribution in [-0.4, -0.2) is 65.8 Å². The number of pyridine rings is 1. The third kappa shape index (κ3) is 6.07. The van der Waals surface area contributed by atoms with Gasteiger partial charge in [-0.3, -0.25) is 9.69 Å². The number of hydrogen-bond acceptors (Lipinski definition) is 9. The zero-order valence-corrected chi connectivity index (χ0v) is 24.3. The van der Waals surface area contributed by atoms with Crippen LogP contribution in [0.25, 0.3) is 0 Å². The molecule has 4 aromatic rings. The number of benzene rings is 2. The molecule has 1 unspecified atom stereocenters. The maximum atomic E-state index is 11.9. The van der Waals surface area contributed by atoms with Gasteiger partial charge in [-0.25, -0.2) is 9.97 Å². The first-order valence-corrected chi connectivity index (χ1v) is 14.9. The van der Waals surface area contributed by atoms with E-state index in [0.717, 1.165) is 85.0 Å². The maximum absolute atomic E-state index is 11.9. The molecule has 5 heterocycles. The Morgan fingerprint density at radius 2 is 1.91 bits per heavy atom. The number of H-pyrrole nitrogens is 1. The fraction of sp³-hybridized carbons (Fsp3) is 0.364. The minimum atomic E-state index is -0.145. The number of morpholine rings is 1. The van der Waals surface area contributed by atoms with Crippen LogP contribution in [-0.2, 0) is 17.7 Å². The minimum Gasteiger partial charge on any atom is -0.467 e. The number of ether oxygens (including phenoxy) is 3. The number of aromatic nitrogens is 3. The molecule has 2 aromatic carbocycles. The van der Waals surface area contributed by atoms with E-state index >= 15 is 0 Å². The lowest BCUT2D eigenvalue weighted by atomic mass is 9.95. The molecule has 43 heavy (non-hydrogen) atoms. The molecule has 0 amide bonds. The number of nitrogens with one attached hydrogen (secondary N) is 2. The van der Waals surface area contributed by atoms with E-state index in [9.17, 15) is 4.79 Å². The summed E-state index contributed by atoms with van der Waals surface area (Å²) < 4.78 is 17.8. The normalized spacial score (nSPS) is 18.8. The molecule has 2 fully saturated rings. The Hall–Kier alpha value is -4.41. The van der Waals surface area contributed by atoms with Crippen LogP contribution in [0.4, 0.5) is 11.4 Å². The van der Waals surface area contributed by atoms with Crippen LogP contribution in [0.1, 0.15) is 41.2 Å². The summed E-state index contributed by atoms with van der Waals surface area (Å²) in [5.74, 6) is 1.78. The average Bonchev–Trinajstić information content (AvgIpc) is 3.05. The van der Waals surface area contributed by atoms with E-state index in [-0.39, 0.29) is 11.7 Å². The molecule has 0 aliphatic carbocycles. The molecule has 0 saturated carbocycles. The first-order chi connectivity index (χ1) is 21.1. The van der Waals surface area contributed by atoms with Crippen LogP contribution in [0.15, 0.2) is 71.9 Å². The first-order valence-electron chi connectivity index (χ1n) is 14.9. The van der Waals surface area contributed by atoms with Gasteiger partial charge in [0, 0.05) is 97.9 Å². The summed E-state index contributed by atoms with van der Waals surface area (Å²) in [6.07, 6.45) is 8.20. The van der Waals surface area contributed by atoms with Gasteiger partial charge in [0.05, 0.1) is 13.7 Å². The number of likely N-dealkylation sites (tertiary alicyclic amines) is 1. The lowest BCUT2D eigenvalue weighted by molar-refractivity contribution is 0.0384. The van der Waals surface area contributed by atoms with E-state index in [0.29, 0.717) is 25.2 Å². The second-order valence-corrected chi connectivity index (χ2v) is 11.4. The van der Waals surface area contributed by atoms with Crippen LogP contribution in [0, 0.1) is 0 Å². The number of anilines is 2. The van der Waals surface area contributed by atoms with E-state index in [1.165, 1.54) is 5.56 Å². The molecular weight excluding hydrogens is 544 g/mol. The highest BCUT2D eigenvalue weighted by Gasteiger charge is 2.29. The van der Waals surface area contributed by atoms with Crippen molar-refractivity contribution in [1.29, 1.82) is 0 Å². The van der Waals surface area contributed by atoms with Crippen molar-refractivity contribution in [1.82, 2.24) is 19.9 Å². The predicted molar refractivity (Wildman–Crippen MR) is 164 cm³/mol. The Morgan fingerprint density at radius 1 is 1.05 bits per heavy atom. The van der Waals surface area contributed by atoms with Crippen molar-refractivity contribution in [3.63, 3.8) is 0 Å². The molecule has 2 saturated heterocycles. The Kier molecular flexibility index (Phi) is 7.69. The second kappa shape index (κ2) is 12.1. The third-order valence-electron chi connectivity index (χ3n) is 8.55. The summed E-state index contributed by atoms with van der Waals surface area (Å²) >= 11 is 0. The van der Waals surface area contributed by atoms with E-state index < -0.39 is 0 Å². The van der Waals surface area contributed by atoms with E-state index in [1.807, 2.05) is 18.5 Å². The topological polar surface area (TPSA) is 105 Å². The molecule has 2 aromatic heterocycles. The van der Waals surface area contributed by atoms with Crippen LogP contribution in [0.5, 0.6) is 17.5 Å². The number of nitrogens with zero attached hydrogens (tertiary/aromatic N) is 4. The molecule has 1 atom stereocenters. The number of para-hydroxylation sites is 1. The summed E-state index contributed by atoms with van der Waals surface area (Å²) in [5, 5.41) is 3.77. The van der Waals surface area contributed by atoms with Crippen molar-refractivity contribution in [2.75, 3.05) is 50.1 Å². The van der Waals surface area contributed by atoms with Crippen LogP contribution in [0.2, 0.25) is 0 Å². The highest BCUT2D eigenvalue weighted by Crippen LogP contribution is 2.43. The summed E-state index contributed by atoms with van der Waals surface area (Å²) in [6, 6.07) is 17.2. The fourth-order valence-corrected chi connectivity index (χ4v) is 6.31. The minimum absolute atomic E-state index is 0.0999. The van der Waals surface area contributed by atoms with E-state index in [1.54, 1.807) is 19.4 Å². The Labute approximate surface area is 250 Å². The SMILES string of the molecule is COc1ncc(CN2CCC(Nc3ccc4c(c3)Cc3cccc(C5CN(c6cc[nH]c(=O)c6)CCO5)c3O4)CC2)cn1. The standard InChI is InChI=1S/C33H36N6O4/c1-41-33-35-18-22(19-36-33)20-38-11-8-25(9-12-38)37-26-5-6-29-24(16-26)15-23-3-2-4-28(32(23)43-29)30-21-39(13-14-42-30)27-7-10-34-31(40)17-27/h2-7,10,16-19,25,30,37H,8-9,11-15,20-21H2,1H3,(H,34,40). The lowest BCUT2D eigenvalue weighted by Crippen LogP contribution is -2.39. The first kappa shape index (κ1) is 27.4. The van der Waals surface area contributed by atoms with Gasteiger partial charge in [0.2, 0.25) is 5.56 Å². The molecule has 10 heteroatoms. The molecule has 3 aliphatic rings. The lowest BCUT2D eigenvalue weighted by Gasteiger charge is -2.36. The largest absolute Gasteiger partial charge is 0.467 e. The number of rotatable bonds is 7. The second-order valence-electron chi connectivity index (χ2n) is 11.4. The van der Waals surface area contributed by atoms with Gasteiger partial charge in [-0.2, -0.15) is 0 Å². The zero-order chi connectivity index (χ0) is 29.2. The van der Waals surface area contributed by atoms with Gasteiger partial charge in [-0.05, 0) is 42.7 Å². The van der Waals surface area contributed by atoms with Crippen LogP contribution < -0.4 is 25.2 Å². The number of aromatic amines is 1. The van der Waals surface area contributed by atoms with Gasteiger partial charge < -0.3 is 29.4 Å². The molecule has 0 spiro atoms. The van der Waals surface area contributed by atoms with Crippen molar-refractivity contribution >= 4 is 11.4 Å². The third-order valence-corrected chi connectivity index (χ3v) is 8.55. The van der Waals surface area contributed by atoms with Gasteiger partial charge in [0.15, 0.2) is 0 Å². The molecule has 0 radical (unpaired) electrons. The predicted octanol–water partition coefficient (Wildman–Crippen LogP) is 4.52. The molecule has 222 valence electrons. The Bertz CT molecular complexity index is 1630. The Morgan fingerprint density at radius 3 is 2.72 bits per heavy atom. The van der Waals surface area contributed by atoms with Gasteiger partial charge in [0.1, 0.15) is 17.6 Å². The van der Waals surface area contributed by atoms with Crippen molar-refractivity contribution in [2.24, 2.45) is 0 Å². The van der Waals surface area contributed by atoms with Crippen molar-refractivity contribution in [2.45, 2.75) is 38.0 Å². The highest BCUT2D eigenvalue weighted by atomic mass is 16.5. The maximum Gasteiger partial charge on any atom is 0.316 e. The van der Waals surface area contributed by atoms with Crippen LogP contribution >= 0.6 is 0 Å².